The van der Waals surface area contributed by atoms with Gasteiger partial charge in [0.1, 0.15) is 25.1 Å². The first kappa shape index (κ1) is 19.8. The molecule has 1 fully saturated rings. The van der Waals surface area contributed by atoms with Gasteiger partial charge in [-0.3, -0.25) is 14.4 Å². The van der Waals surface area contributed by atoms with E-state index in [0.29, 0.717) is 13.0 Å². The smallest absolute Gasteiger partial charge is 0.327 e. The summed E-state index contributed by atoms with van der Waals surface area (Å²) in [7, 11) is 2.49. The summed E-state index contributed by atoms with van der Waals surface area (Å²) in [5, 5.41) is 2.46. The lowest BCUT2D eigenvalue weighted by Crippen LogP contribution is -2.54. The van der Waals surface area contributed by atoms with Crippen molar-refractivity contribution in [3.05, 3.63) is 0 Å². The normalized spacial score (nSPS) is 28.9. The van der Waals surface area contributed by atoms with Crippen molar-refractivity contribution >= 4 is 72.8 Å². The molecule has 0 aromatic carbocycles. The van der Waals surface area contributed by atoms with Crippen molar-refractivity contribution in [2.75, 3.05) is 13.3 Å². The summed E-state index contributed by atoms with van der Waals surface area (Å²) in [4.78, 5) is 17.3. The molecule has 8 nitrogen and oxygen atoms in total. The van der Waals surface area contributed by atoms with Crippen molar-refractivity contribution in [1.82, 2.24) is 10.2 Å². The highest BCUT2D eigenvalue weighted by Crippen LogP contribution is 2.32. The number of amides is 2. The topological polar surface area (TPSA) is 98.4 Å². The number of carbonyl (C=O) groups excluding carboxylic acids is 1. The van der Waals surface area contributed by atoms with Crippen molar-refractivity contribution < 1.29 is 17.9 Å². The first-order chi connectivity index (χ1) is 9.65. The van der Waals surface area contributed by atoms with Crippen LogP contribution in [0.15, 0.2) is 4.99 Å². The Hall–Kier alpha value is 0.780. The summed E-state index contributed by atoms with van der Waals surface area (Å²) < 4.78 is 16.7. The Balaban J connectivity index is 0.00000220. The number of hydrogen-bond acceptors (Lipinski definition) is 8. The lowest BCUT2D eigenvalue weighted by molar-refractivity contribution is -0.0535. The zero-order chi connectivity index (χ0) is 14.5. The molecule has 2 aliphatic heterocycles. The number of guanidine groups is 1. The summed E-state index contributed by atoms with van der Waals surface area (Å²) in [5.74, 6) is 0.126. The number of rotatable bonds is 6. The van der Waals surface area contributed by atoms with Gasteiger partial charge in [0.15, 0.2) is 5.96 Å². The number of nitrogens with two attached hydrogens (primary N) is 1. The quantitative estimate of drug-likeness (QED) is 0.379. The van der Waals surface area contributed by atoms with Gasteiger partial charge in [0.05, 0.1) is 25.0 Å². The van der Waals surface area contributed by atoms with Crippen LogP contribution in [0.4, 0.5) is 4.79 Å². The van der Waals surface area contributed by atoms with Gasteiger partial charge in [-0.2, -0.15) is 0 Å². The molecule has 122 valence electrons. The van der Waals surface area contributed by atoms with E-state index in [1.807, 2.05) is 21.2 Å². The molecule has 2 rings (SSSR count). The third kappa shape index (κ3) is 5.42. The number of hydrogen-bond donors (Lipinski definition) is 2. The van der Waals surface area contributed by atoms with Gasteiger partial charge in [0.25, 0.3) is 0 Å². The Morgan fingerprint density at radius 3 is 2.90 bits per heavy atom. The SMILES string of the molecule is C.NC1=NCN(C2CC(OSI)C(COSI)O2)C(=O)N1. The first-order valence-electron chi connectivity index (χ1n) is 5.53. The average molecular weight is 562 g/mol. The lowest BCUT2D eigenvalue weighted by atomic mass is 10.2. The minimum Gasteiger partial charge on any atom is -0.370 e. The molecule has 0 spiro atoms. The number of halogens is 2. The van der Waals surface area contributed by atoms with Gasteiger partial charge >= 0.3 is 6.03 Å². The maximum Gasteiger partial charge on any atom is 0.327 e. The standard InChI is InChI=1S/C8H12I2N4O4S2.CH4/c9-19-16-2-5-4(18-20-10)1-6(17-5)14-3-12-7(11)13-8(14)15;/h4-6H,1-3H2,(H3,11,12,13,15);1H4. The van der Waals surface area contributed by atoms with E-state index in [9.17, 15) is 4.79 Å². The van der Waals surface area contributed by atoms with Gasteiger partial charge in [-0.15, -0.1) is 0 Å². The Bertz CT molecular complexity index is 393. The fourth-order valence-corrected chi connectivity index (χ4v) is 3.66. The number of aliphatic imine (C=N–C) groups is 1. The van der Waals surface area contributed by atoms with Crippen LogP contribution in [0.3, 0.4) is 0 Å². The Kier molecular flexibility index (Phi) is 9.27. The highest BCUT2D eigenvalue weighted by Gasteiger charge is 2.42. The zero-order valence-electron chi connectivity index (χ0n) is 10.0. The second-order valence-electron chi connectivity index (χ2n) is 3.99. The van der Waals surface area contributed by atoms with Crippen LogP contribution in [0.5, 0.6) is 0 Å². The predicted octanol–water partition coefficient (Wildman–Crippen LogP) is 2.43. The van der Waals surface area contributed by atoms with Crippen molar-refractivity contribution in [2.24, 2.45) is 10.7 Å². The van der Waals surface area contributed by atoms with Gasteiger partial charge in [0.2, 0.25) is 0 Å². The van der Waals surface area contributed by atoms with Crippen molar-refractivity contribution in [3.8, 4) is 0 Å². The Morgan fingerprint density at radius 2 is 2.29 bits per heavy atom. The van der Waals surface area contributed by atoms with E-state index in [0.717, 1.165) is 0 Å². The molecule has 0 aromatic rings. The molecule has 0 bridgehead atoms. The largest absolute Gasteiger partial charge is 0.370 e. The summed E-state index contributed by atoms with van der Waals surface area (Å²) in [6, 6.07) is -0.312. The summed E-state index contributed by atoms with van der Waals surface area (Å²) in [6.07, 6.45) is -0.186. The highest BCUT2D eigenvalue weighted by molar-refractivity contribution is 14.2. The molecule has 2 amide bonds. The fourth-order valence-electron chi connectivity index (χ4n) is 1.94. The van der Waals surface area contributed by atoms with Crippen LogP contribution in [0.2, 0.25) is 0 Å². The lowest BCUT2D eigenvalue weighted by Gasteiger charge is -2.29. The average Bonchev–Trinajstić information content (AvgIpc) is 2.80. The number of ether oxygens (including phenoxy) is 1. The minimum atomic E-state index is -0.395. The zero-order valence-corrected chi connectivity index (χ0v) is 16.0. The molecule has 0 aliphatic carbocycles. The monoisotopic (exact) mass is 562 g/mol. The minimum absolute atomic E-state index is 0. The first-order valence-corrected chi connectivity index (χ1v) is 12.1. The molecule has 2 heterocycles. The summed E-state index contributed by atoms with van der Waals surface area (Å²) in [6.45, 7) is 0.577. The summed E-state index contributed by atoms with van der Waals surface area (Å²) in [5.41, 5.74) is 5.45. The Morgan fingerprint density at radius 1 is 1.52 bits per heavy atom. The molecular weight excluding hydrogens is 546 g/mol. The number of nitrogens with zero attached hydrogens (tertiary/aromatic N) is 2. The molecule has 3 atom stereocenters. The van der Waals surface area contributed by atoms with E-state index in [-0.39, 0.29) is 38.3 Å². The van der Waals surface area contributed by atoms with Crippen LogP contribution in [0, 0.1) is 0 Å². The van der Waals surface area contributed by atoms with Gasteiger partial charge in [0, 0.05) is 48.8 Å². The Labute approximate surface area is 156 Å². The van der Waals surface area contributed by atoms with Crippen LogP contribution in [0.1, 0.15) is 13.8 Å². The van der Waals surface area contributed by atoms with Gasteiger partial charge in [-0.05, 0) is 0 Å². The molecule has 1 saturated heterocycles. The number of nitrogens with one attached hydrogen (secondary N) is 1. The maximum atomic E-state index is 11.9. The highest BCUT2D eigenvalue weighted by atomic mass is 127. The third-order valence-electron chi connectivity index (χ3n) is 2.85. The van der Waals surface area contributed by atoms with E-state index in [2.05, 4.69) is 31.5 Å². The summed E-state index contributed by atoms with van der Waals surface area (Å²) >= 11 is 4.09. The van der Waals surface area contributed by atoms with E-state index < -0.39 is 6.23 Å². The molecule has 21 heavy (non-hydrogen) atoms. The van der Waals surface area contributed by atoms with Crippen molar-refractivity contribution in [2.45, 2.75) is 32.3 Å². The predicted molar refractivity (Wildman–Crippen MR) is 101 cm³/mol. The molecule has 2 aliphatic rings. The number of urea groups is 1. The second kappa shape index (κ2) is 9.82. The van der Waals surface area contributed by atoms with Crippen LogP contribution in [-0.4, -0.2) is 48.6 Å². The molecular formula is C9H16I2N4O4S2. The van der Waals surface area contributed by atoms with Gasteiger partial charge in [-0.1, -0.05) is 7.43 Å². The van der Waals surface area contributed by atoms with Gasteiger partial charge < -0.3 is 14.7 Å². The van der Waals surface area contributed by atoms with E-state index in [1.165, 1.54) is 23.3 Å². The fraction of sp³-hybridized carbons (Fsp3) is 0.778. The van der Waals surface area contributed by atoms with E-state index in [1.54, 1.807) is 0 Å². The molecule has 12 heteroatoms. The van der Waals surface area contributed by atoms with Crippen molar-refractivity contribution in [1.29, 1.82) is 0 Å². The van der Waals surface area contributed by atoms with Crippen molar-refractivity contribution in [3.63, 3.8) is 0 Å². The van der Waals surface area contributed by atoms with Crippen LogP contribution in [-0.2, 0) is 13.1 Å². The van der Waals surface area contributed by atoms with Crippen LogP contribution in [0.25, 0.3) is 0 Å². The molecule has 0 saturated carbocycles. The molecule has 3 unspecified atom stereocenters. The van der Waals surface area contributed by atoms with Gasteiger partial charge in [-0.25, -0.2) is 9.79 Å². The van der Waals surface area contributed by atoms with Crippen LogP contribution < -0.4 is 11.1 Å². The third-order valence-corrected chi connectivity index (χ3v) is 4.78. The van der Waals surface area contributed by atoms with E-state index in [4.69, 9.17) is 18.8 Å². The van der Waals surface area contributed by atoms with Crippen LogP contribution >= 0.6 is 60.8 Å². The van der Waals surface area contributed by atoms with E-state index >= 15 is 0 Å². The molecule has 0 aromatic heterocycles. The maximum absolute atomic E-state index is 11.9. The second-order valence-corrected chi connectivity index (χ2v) is 6.83. The molecule has 3 N–H and O–H groups in total. The molecule has 0 radical (unpaired) electrons. The number of carbonyl (C=O) groups is 1.